The molecular weight excluding hydrogens is 384 g/mol. The number of nitrogens with zero attached hydrogens (tertiary/aromatic N) is 3. The van der Waals surface area contributed by atoms with Crippen molar-refractivity contribution in [1.29, 1.82) is 0 Å². The fourth-order valence-corrected chi connectivity index (χ4v) is 5.37. The molecule has 1 aromatic carbocycles. The summed E-state index contributed by atoms with van der Waals surface area (Å²) < 4.78 is 0. The predicted molar refractivity (Wildman–Crippen MR) is 113 cm³/mol. The average molecular weight is 411 g/mol. The normalized spacial score (nSPS) is 24.8. The molecule has 0 spiro atoms. The largest absolute Gasteiger partial charge is 0.325 e. The molecular formula is C22H26N4O2S. The Morgan fingerprint density at radius 1 is 1.17 bits per heavy atom. The van der Waals surface area contributed by atoms with Crippen LogP contribution in [-0.4, -0.2) is 32.1 Å². The number of carbonyl (C=O) groups is 2. The zero-order valence-corrected chi connectivity index (χ0v) is 18.3. The second-order valence-electron chi connectivity index (χ2n) is 8.86. The summed E-state index contributed by atoms with van der Waals surface area (Å²) in [6, 6.07) is 6.89. The Balaban J connectivity index is 1.46. The highest BCUT2D eigenvalue weighted by atomic mass is 32.2. The molecule has 1 N–H and O–H groups in total. The molecule has 2 aliphatic carbocycles. The number of benzene rings is 1. The third kappa shape index (κ3) is 3.16. The van der Waals surface area contributed by atoms with Crippen LogP contribution < -0.4 is 5.32 Å². The molecule has 1 saturated carbocycles. The lowest BCUT2D eigenvalue weighted by molar-refractivity contribution is -0.115. The quantitative estimate of drug-likeness (QED) is 0.582. The van der Waals surface area contributed by atoms with Crippen LogP contribution in [0.1, 0.15) is 75.1 Å². The molecule has 2 aliphatic rings. The number of rotatable bonds is 5. The van der Waals surface area contributed by atoms with Gasteiger partial charge in [0.15, 0.2) is 5.78 Å². The topological polar surface area (TPSA) is 84.8 Å². The molecule has 6 nitrogen and oxygen atoms in total. The fraction of sp³-hybridized carbons (Fsp3) is 0.500. The first-order chi connectivity index (χ1) is 13.6. The number of nitrogens with one attached hydrogen (secondary N) is 1. The van der Waals surface area contributed by atoms with Gasteiger partial charge in [0.05, 0.1) is 16.6 Å². The van der Waals surface area contributed by atoms with E-state index in [4.69, 9.17) is 4.98 Å². The number of hydrogen-bond donors (Lipinski definition) is 1. The third-order valence-corrected chi connectivity index (χ3v) is 7.93. The summed E-state index contributed by atoms with van der Waals surface area (Å²) in [5.41, 5.74) is 3.53. The number of hydrogen-bond acceptors (Lipinski definition) is 6. The summed E-state index contributed by atoms with van der Waals surface area (Å²) in [6.45, 7) is 10.2. The van der Waals surface area contributed by atoms with E-state index in [1.807, 2.05) is 6.92 Å². The molecule has 152 valence electrons. The maximum Gasteiger partial charge on any atom is 0.237 e. The molecule has 1 aromatic heterocycles. The zero-order chi connectivity index (χ0) is 21.0. The van der Waals surface area contributed by atoms with E-state index in [1.165, 1.54) is 18.7 Å². The number of carbonyl (C=O) groups excluding carboxylic acids is 2. The SMILES string of the molecule is CC(=O)c1ccc(NC(=O)[C@@H](C)Sc2nnc3c(n2)[C@]2(C)CC[C@H]3C2(C)C)cc1. The standard InChI is InChI=1S/C22H26N4O2S/c1-12(27)14-6-8-15(9-7-14)23-19(28)13(2)29-20-24-18-17(25-26-20)16-10-11-22(18,5)21(16,3)4/h6-9,13,16H,10-11H2,1-5H3,(H,23,28)/t13-,16-,22+/m1/s1. The molecule has 2 aromatic rings. The van der Waals surface area contributed by atoms with E-state index in [2.05, 4.69) is 36.3 Å². The Hall–Kier alpha value is -2.28. The van der Waals surface area contributed by atoms with Gasteiger partial charge in [-0.25, -0.2) is 4.98 Å². The summed E-state index contributed by atoms with van der Waals surface area (Å²) in [5, 5.41) is 11.9. The molecule has 3 atom stereocenters. The van der Waals surface area contributed by atoms with Gasteiger partial charge in [-0.1, -0.05) is 32.5 Å². The fourth-order valence-electron chi connectivity index (χ4n) is 4.66. The van der Waals surface area contributed by atoms with Crippen LogP contribution in [0.2, 0.25) is 0 Å². The summed E-state index contributed by atoms with van der Waals surface area (Å²) in [4.78, 5) is 28.8. The minimum atomic E-state index is -0.373. The first kappa shape index (κ1) is 20.0. The van der Waals surface area contributed by atoms with Crippen molar-refractivity contribution in [1.82, 2.24) is 15.2 Å². The molecule has 2 bridgehead atoms. The van der Waals surface area contributed by atoms with Crippen molar-refractivity contribution in [3.63, 3.8) is 0 Å². The number of Topliss-reactive ketones (excluding diaryl/α,β-unsaturated/α-hetero) is 1. The van der Waals surface area contributed by atoms with Crippen molar-refractivity contribution < 1.29 is 9.59 Å². The smallest absolute Gasteiger partial charge is 0.237 e. The number of ketones is 1. The molecule has 0 saturated heterocycles. The van der Waals surface area contributed by atoms with E-state index in [-0.39, 0.29) is 27.8 Å². The van der Waals surface area contributed by atoms with E-state index in [0.29, 0.717) is 22.3 Å². The van der Waals surface area contributed by atoms with Crippen LogP contribution in [0.5, 0.6) is 0 Å². The first-order valence-corrected chi connectivity index (χ1v) is 10.8. The minimum absolute atomic E-state index is 0.00127. The van der Waals surface area contributed by atoms with Crippen molar-refractivity contribution in [2.45, 2.75) is 69.2 Å². The molecule has 1 amide bonds. The van der Waals surface area contributed by atoms with Crippen LogP contribution in [0.4, 0.5) is 5.69 Å². The Morgan fingerprint density at radius 3 is 2.52 bits per heavy atom. The van der Waals surface area contributed by atoms with Crippen molar-refractivity contribution in [3.8, 4) is 0 Å². The van der Waals surface area contributed by atoms with E-state index in [9.17, 15) is 9.59 Å². The van der Waals surface area contributed by atoms with Gasteiger partial charge in [-0.15, -0.1) is 5.10 Å². The lowest BCUT2D eigenvalue weighted by Crippen LogP contribution is -2.32. The first-order valence-electron chi connectivity index (χ1n) is 9.97. The molecule has 0 unspecified atom stereocenters. The Morgan fingerprint density at radius 2 is 1.86 bits per heavy atom. The van der Waals surface area contributed by atoms with Gasteiger partial charge >= 0.3 is 0 Å². The van der Waals surface area contributed by atoms with Gasteiger partial charge in [-0.3, -0.25) is 9.59 Å². The van der Waals surface area contributed by atoms with Gasteiger partial charge < -0.3 is 5.32 Å². The average Bonchev–Trinajstić information content (AvgIpc) is 3.01. The summed E-state index contributed by atoms with van der Waals surface area (Å²) in [7, 11) is 0. The monoisotopic (exact) mass is 410 g/mol. The van der Waals surface area contributed by atoms with Crippen LogP contribution >= 0.6 is 11.8 Å². The number of aromatic nitrogens is 3. The van der Waals surface area contributed by atoms with Crippen LogP contribution in [0, 0.1) is 5.41 Å². The van der Waals surface area contributed by atoms with Crippen LogP contribution in [0.25, 0.3) is 0 Å². The highest BCUT2D eigenvalue weighted by Gasteiger charge is 2.61. The molecule has 1 heterocycles. The van der Waals surface area contributed by atoms with E-state index in [0.717, 1.165) is 24.2 Å². The molecule has 4 rings (SSSR count). The lowest BCUT2D eigenvalue weighted by atomic mass is 9.70. The van der Waals surface area contributed by atoms with Gasteiger partial charge in [0.1, 0.15) is 0 Å². The highest BCUT2D eigenvalue weighted by Crippen LogP contribution is 2.66. The maximum absolute atomic E-state index is 12.6. The van der Waals surface area contributed by atoms with Gasteiger partial charge in [0.25, 0.3) is 0 Å². The van der Waals surface area contributed by atoms with E-state index in [1.54, 1.807) is 24.3 Å². The zero-order valence-electron chi connectivity index (χ0n) is 17.4. The maximum atomic E-state index is 12.6. The Kier molecular flexibility index (Phi) is 4.76. The summed E-state index contributed by atoms with van der Waals surface area (Å²) in [6.07, 6.45) is 2.26. The summed E-state index contributed by atoms with van der Waals surface area (Å²) >= 11 is 1.32. The van der Waals surface area contributed by atoms with Crippen molar-refractivity contribution in [2.75, 3.05) is 5.32 Å². The predicted octanol–water partition coefficient (Wildman–Crippen LogP) is 4.37. The number of fused-ring (bicyclic) bond motifs is 5. The summed E-state index contributed by atoms with van der Waals surface area (Å²) in [5.74, 6) is 0.279. The van der Waals surface area contributed by atoms with Crippen molar-refractivity contribution in [2.24, 2.45) is 5.41 Å². The van der Waals surface area contributed by atoms with Crippen LogP contribution in [0.3, 0.4) is 0 Å². The van der Waals surface area contributed by atoms with Crippen molar-refractivity contribution in [3.05, 3.63) is 41.2 Å². The molecule has 1 fully saturated rings. The second kappa shape index (κ2) is 6.90. The van der Waals surface area contributed by atoms with Gasteiger partial charge in [0.2, 0.25) is 11.1 Å². The molecule has 29 heavy (non-hydrogen) atoms. The number of thioether (sulfide) groups is 1. The molecule has 0 aliphatic heterocycles. The minimum Gasteiger partial charge on any atom is -0.325 e. The van der Waals surface area contributed by atoms with Gasteiger partial charge in [0, 0.05) is 22.6 Å². The second-order valence-corrected chi connectivity index (χ2v) is 10.2. The van der Waals surface area contributed by atoms with E-state index >= 15 is 0 Å². The molecule has 7 heteroatoms. The number of amides is 1. The van der Waals surface area contributed by atoms with Gasteiger partial charge in [-0.05, 0) is 56.4 Å². The molecule has 0 radical (unpaired) electrons. The Labute approximate surface area is 175 Å². The Bertz CT molecular complexity index is 989. The number of anilines is 1. The van der Waals surface area contributed by atoms with E-state index < -0.39 is 0 Å². The highest BCUT2D eigenvalue weighted by molar-refractivity contribution is 8.00. The van der Waals surface area contributed by atoms with Crippen LogP contribution in [0.15, 0.2) is 29.4 Å². The van der Waals surface area contributed by atoms with Gasteiger partial charge in [-0.2, -0.15) is 5.10 Å². The third-order valence-electron chi connectivity index (χ3n) is 6.98. The van der Waals surface area contributed by atoms with Crippen molar-refractivity contribution >= 4 is 29.1 Å². The van der Waals surface area contributed by atoms with Crippen LogP contribution in [-0.2, 0) is 10.2 Å². The lowest BCUT2D eigenvalue weighted by Gasteiger charge is -2.34.